The van der Waals surface area contributed by atoms with Crippen molar-refractivity contribution in [2.75, 3.05) is 25.0 Å². The molecule has 3 N–H and O–H groups in total. The minimum absolute atomic E-state index is 0.252. The Balaban J connectivity index is 1.76. The van der Waals surface area contributed by atoms with E-state index in [0.717, 1.165) is 25.9 Å². The number of benzene rings is 1. The molecule has 0 aromatic heterocycles. The fourth-order valence-electron chi connectivity index (χ4n) is 2.03. The molecule has 2 amide bonds. The van der Waals surface area contributed by atoms with E-state index >= 15 is 0 Å². The van der Waals surface area contributed by atoms with Crippen LogP contribution in [0.25, 0.3) is 0 Å². The Morgan fingerprint density at radius 2 is 2.00 bits per heavy atom. The van der Waals surface area contributed by atoms with E-state index < -0.39 is 0 Å². The van der Waals surface area contributed by atoms with Crippen molar-refractivity contribution >= 4 is 34.9 Å². The fraction of sp³-hybridized carbons (Fsp3) is 0.357. The van der Waals surface area contributed by atoms with Gasteiger partial charge in [0.2, 0.25) is 0 Å². The molecule has 1 aromatic carbocycles. The monoisotopic (exact) mass is 313 g/mol. The Hall–Kier alpha value is -1.23. The Kier molecular flexibility index (Phi) is 5.71. The van der Waals surface area contributed by atoms with Crippen molar-refractivity contribution in [3.8, 4) is 0 Å². The van der Waals surface area contributed by atoms with Crippen molar-refractivity contribution in [2.45, 2.75) is 12.8 Å². The third-order valence-corrected chi connectivity index (χ3v) is 3.45. The highest BCUT2D eigenvalue weighted by Gasteiger charge is 2.06. The quantitative estimate of drug-likeness (QED) is 0.746. The topological polar surface area (TPSA) is 53.2 Å². The summed E-state index contributed by atoms with van der Waals surface area (Å²) in [6.45, 7) is 2.55. The first kappa shape index (κ1) is 15.2. The third-order valence-electron chi connectivity index (χ3n) is 3.01. The standard InChI is InChI=1S/C14H17Cl2N3O/c15-11-7-12(16)9-13(8-11)19-14(20)18-6-3-10-1-4-17-5-2-10/h1,7-9,17H,2-6H2,(H2,18,19,20). The van der Waals surface area contributed by atoms with Crippen molar-refractivity contribution in [3.05, 3.63) is 39.9 Å². The summed E-state index contributed by atoms with van der Waals surface area (Å²) in [6.07, 6.45) is 4.11. The summed E-state index contributed by atoms with van der Waals surface area (Å²) >= 11 is 11.7. The molecule has 2 rings (SSSR count). The SMILES string of the molecule is O=C(NCCC1=CCNCC1)Nc1cc(Cl)cc(Cl)c1. The maximum absolute atomic E-state index is 11.7. The van der Waals surface area contributed by atoms with Gasteiger partial charge in [-0.15, -0.1) is 0 Å². The number of hydrogen-bond acceptors (Lipinski definition) is 2. The van der Waals surface area contributed by atoms with E-state index in [0.29, 0.717) is 22.3 Å². The highest BCUT2D eigenvalue weighted by atomic mass is 35.5. The summed E-state index contributed by atoms with van der Waals surface area (Å²) in [6, 6.07) is 4.68. The van der Waals surface area contributed by atoms with E-state index in [1.165, 1.54) is 5.57 Å². The fourth-order valence-corrected chi connectivity index (χ4v) is 2.56. The normalized spacial score (nSPS) is 14.6. The molecule has 6 heteroatoms. The van der Waals surface area contributed by atoms with Crippen molar-refractivity contribution in [1.29, 1.82) is 0 Å². The van der Waals surface area contributed by atoms with Crippen molar-refractivity contribution < 1.29 is 4.79 Å². The first-order chi connectivity index (χ1) is 9.63. The molecule has 0 radical (unpaired) electrons. The third kappa shape index (κ3) is 5.04. The summed E-state index contributed by atoms with van der Waals surface area (Å²) in [7, 11) is 0. The van der Waals surface area contributed by atoms with Crippen molar-refractivity contribution in [3.63, 3.8) is 0 Å². The van der Waals surface area contributed by atoms with Gasteiger partial charge in [-0.1, -0.05) is 34.9 Å². The Morgan fingerprint density at radius 1 is 1.25 bits per heavy atom. The molecular formula is C14H17Cl2N3O. The molecule has 1 aliphatic heterocycles. The van der Waals surface area contributed by atoms with Gasteiger partial charge >= 0.3 is 6.03 Å². The van der Waals surface area contributed by atoms with Crippen LogP contribution in [0.2, 0.25) is 10.0 Å². The van der Waals surface area contributed by atoms with E-state index in [2.05, 4.69) is 22.0 Å². The highest BCUT2D eigenvalue weighted by molar-refractivity contribution is 6.35. The van der Waals surface area contributed by atoms with Gasteiger partial charge < -0.3 is 16.0 Å². The van der Waals surface area contributed by atoms with Crippen LogP contribution >= 0.6 is 23.2 Å². The maximum atomic E-state index is 11.7. The number of amides is 2. The van der Waals surface area contributed by atoms with E-state index in [-0.39, 0.29) is 6.03 Å². The molecule has 0 bridgehead atoms. The lowest BCUT2D eigenvalue weighted by atomic mass is 10.1. The van der Waals surface area contributed by atoms with Gasteiger partial charge in [0.05, 0.1) is 0 Å². The Labute approximate surface area is 128 Å². The van der Waals surface area contributed by atoms with Crippen molar-refractivity contribution in [2.24, 2.45) is 0 Å². The maximum Gasteiger partial charge on any atom is 0.319 e. The van der Waals surface area contributed by atoms with E-state index in [1.807, 2.05) is 0 Å². The van der Waals surface area contributed by atoms with Crippen LogP contribution in [0.5, 0.6) is 0 Å². The lowest BCUT2D eigenvalue weighted by molar-refractivity contribution is 0.252. The van der Waals surface area contributed by atoms with Crippen LogP contribution < -0.4 is 16.0 Å². The highest BCUT2D eigenvalue weighted by Crippen LogP contribution is 2.22. The van der Waals surface area contributed by atoms with Gasteiger partial charge in [-0.2, -0.15) is 0 Å². The molecule has 0 spiro atoms. The minimum atomic E-state index is -0.252. The molecule has 1 aliphatic rings. The molecule has 0 fully saturated rings. The van der Waals surface area contributed by atoms with Gasteiger partial charge in [-0.25, -0.2) is 4.79 Å². The van der Waals surface area contributed by atoms with Crippen LogP contribution in [-0.4, -0.2) is 25.7 Å². The van der Waals surface area contributed by atoms with Crippen LogP contribution in [0, 0.1) is 0 Å². The zero-order valence-electron chi connectivity index (χ0n) is 11.0. The van der Waals surface area contributed by atoms with Crippen LogP contribution in [-0.2, 0) is 0 Å². The lowest BCUT2D eigenvalue weighted by Gasteiger charge is -2.14. The summed E-state index contributed by atoms with van der Waals surface area (Å²) in [5.74, 6) is 0. The molecular weight excluding hydrogens is 297 g/mol. The Bertz CT molecular complexity index is 497. The van der Waals surface area contributed by atoms with Gasteiger partial charge in [-0.05, 0) is 37.6 Å². The number of halogens is 2. The number of rotatable bonds is 4. The molecule has 1 heterocycles. The number of carbonyl (C=O) groups is 1. The van der Waals surface area contributed by atoms with Gasteiger partial charge in [0, 0.05) is 28.8 Å². The molecule has 4 nitrogen and oxygen atoms in total. The summed E-state index contributed by atoms with van der Waals surface area (Å²) in [5, 5.41) is 9.77. The zero-order chi connectivity index (χ0) is 14.4. The van der Waals surface area contributed by atoms with Crippen LogP contribution in [0.15, 0.2) is 29.8 Å². The van der Waals surface area contributed by atoms with Gasteiger partial charge in [0.15, 0.2) is 0 Å². The summed E-state index contributed by atoms with van der Waals surface area (Å²) in [4.78, 5) is 11.7. The van der Waals surface area contributed by atoms with E-state index in [1.54, 1.807) is 18.2 Å². The molecule has 20 heavy (non-hydrogen) atoms. The second kappa shape index (κ2) is 7.53. The van der Waals surface area contributed by atoms with E-state index in [4.69, 9.17) is 23.2 Å². The van der Waals surface area contributed by atoms with Crippen LogP contribution in [0.3, 0.4) is 0 Å². The van der Waals surface area contributed by atoms with Crippen LogP contribution in [0.1, 0.15) is 12.8 Å². The average molecular weight is 314 g/mol. The Morgan fingerprint density at radius 3 is 2.65 bits per heavy atom. The first-order valence-electron chi connectivity index (χ1n) is 6.53. The van der Waals surface area contributed by atoms with Gasteiger partial charge in [-0.3, -0.25) is 0 Å². The van der Waals surface area contributed by atoms with E-state index in [9.17, 15) is 4.79 Å². The number of carbonyl (C=O) groups excluding carboxylic acids is 1. The molecule has 0 atom stereocenters. The molecule has 0 saturated carbocycles. The second-order valence-electron chi connectivity index (χ2n) is 4.61. The second-order valence-corrected chi connectivity index (χ2v) is 5.48. The number of anilines is 1. The molecule has 108 valence electrons. The molecule has 0 saturated heterocycles. The lowest BCUT2D eigenvalue weighted by Crippen LogP contribution is -2.30. The smallest absolute Gasteiger partial charge is 0.319 e. The van der Waals surface area contributed by atoms with Crippen molar-refractivity contribution in [1.82, 2.24) is 10.6 Å². The number of nitrogens with one attached hydrogen (secondary N) is 3. The molecule has 0 unspecified atom stereocenters. The molecule has 1 aromatic rings. The largest absolute Gasteiger partial charge is 0.338 e. The molecule has 0 aliphatic carbocycles. The van der Waals surface area contributed by atoms with Gasteiger partial charge in [0.1, 0.15) is 0 Å². The zero-order valence-corrected chi connectivity index (χ0v) is 12.5. The van der Waals surface area contributed by atoms with Crippen LogP contribution in [0.4, 0.5) is 10.5 Å². The summed E-state index contributed by atoms with van der Waals surface area (Å²) in [5.41, 5.74) is 1.97. The predicted molar refractivity (Wildman–Crippen MR) is 83.7 cm³/mol. The number of hydrogen-bond donors (Lipinski definition) is 3. The minimum Gasteiger partial charge on any atom is -0.338 e. The summed E-state index contributed by atoms with van der Waals surface area (Å²) < 4.78 is 0. The first-order valence-corrected chi connectivity index (χ1v) is 7.28. The predicted octanol–water partition coefficient (Wildman–Crippen LogP) is 3.42. The van der Waals surface area contributed by atoms with Gasteiger partial charge in [0.25, 0.3) is 0 Å². The number of urea groups is 1. The average Bonchev–Trinajstić information content (AvgIpc) is 2.38.